The van der Waals surface area contributed by atoms with Gasteiger partial charge in [0.15, 0.2) is 18.1 Å². The van der Waals surface area contributed by atoms with Crippen LogP contribution >= 0.6 is 0 Å². The van der Waals surface area contributed by atoms with Crippen LogP contribution in [0, 0.1) is 11.3 Å². The fourth-order valence-corrected chi connectivity index (χ4v) is 2.66. The van der Waals surface area contributed by atoms with Gasteiger partial charge in [-0.15, -0.1) is 0 Å². The minimum absolute atomic E-state index is 0.148. The number of hydrogen-bond acceptors (Lipinski definition) is 8. The fraction of sp³-hybridized carbons (Fsp3) is 0.250. The van der Waals surface area contributed by atoms with E-state index in [0.717, 1.165) is 0 Å². The molecule has 0 saturated carbocycles. The van der Waals surface area contributed by atoms with Crippen molar-refractivity contribution in [3.05, 3.63) is 59.2 Å². The largest absolute Gasteiger partial charge is 0.490 e. The zero-order valence-corrected chi connectivity index (χ0v) is 18.5. The zero-order valence-electron chi connectivity index (χ0n) is 18.5. The topological polar surface area (TPSA) is 124 Å². The van der Waals surface area contributed by atoms with Crippen molar-refractivity contribution in [3.8, 4) is 17.6 Å². The molecule has 9 heteroatoms. The van der Waals surface area contributed by atoms with Gasteiger partial charge in [-0.25, -0.2) is 9.59 Å². The van der Waals surface area contributed by atoms with Gasteiger partial charge in [0.25, 0.3) is 5.91 Å². The number of hydrogen-bond donors (Lipinski definition) is 1. The Morgan fingerprint density at radius 2 is 1.73 bits per heavy atom. The molecule has 9 nitrogen and oxygen atoms in total. The smallest absolute Gasteiger partial charge is 0.348 e. The summed E-state index contributed by atoms with van der Waals surface area (Å²) < 4.78 is 20.6. The van der Waals surface area contributed by atoms with Crippen molar-refractivity contribution in [1.82, 2.24) is 0 Å². The average Bonchev–Trinajstić information content (AvgIpc) is 2.82. The third-order valence-corrected chi connectivity index (χ3v) is 4.14. The molecular formula is C24H24N2O7. The monoisotopic (exact) mass is 452 g/mol. The molecule has 0 saturated heterocycles. The van der Waals surface area contributed by atoms with Gasteiger partial charge in [-0.1, -0.05) is 6.07 Å². The Kier molecular flexibility index (Phi) is 9.46. The summed E-state index contributed by atoms with van der Waals surface area (Å²) in [6, 6.07) is 12.8. The van der Waals surface area contributed by atoms with Crippen molar-refractivity contribution in [2.75, 3.05) is 32.2 Å². The van der Waals surface area contributed by atoms with Gasteiger partial charge in [-0.05, 0) is 61.9 Å². The molecule has 0 heterocycles. The predicted molar refractivity (Wildman–Crippen MR) is 120 cm³/mol. The third kappa shape index (κ3) is 7.40. The lowest BCUT2D eigenvalue weighted by molar-refractivity contribution is -0.137. The Bertz CT molecular complexity index is 1070. The summed E-state index contributed by atoms with van der Waals surface area (Å²) in [7, 11) is 1.29. The molecule has 0 atom stereocenters. The molecule has 1 N–H and O–H groups in total. The number of anilines is 1. The SMILES string of the molecule is CCOC(=O)/C(C#N)=C\c1ccc(OCC(=O)Nc2ccc(C(=O)OC)cc2)c(OCC)c1. The number of carbonyl (C=O) groups excluding carboxylic acids is 3. The van der Waals surface area contributed by atoms with E-state index >= 15 is 0 Å². The first-order valence-electron chi connectivity index (χ1n) is 10.1. The molecule has 2 aromatic carbocycles. The number of nitrogens with one attached hydrogen (secondary N) is 1. The molecule has 0 aliphatic rings. The number of methoxy groups -OCH3 is 1. The normalized spacial score (nSPS) is 10.5. The minimum atomic E-state index is -0.713. The maximum absolute atomic E-state index is 12.3. The Labute approximate surface area is 191 Å². The van der Waals surface area contributed by atoms with Crippen molar-refractivity contribution in [3.63, 3.8) is 0 Å². The first-order valence-corrected chi connectivity index (χ1v) is 10.1. The molecule has 0 aromatic heterocycles. The highest BCUT2D eigenvalue weighted by Crippen LogP contribution is 2.29. The summed E-state index contributed by atoms with van der Waals surface area (Å²) in [5.74, 6) is -0.930. The summed E-state index contributed by atoms with van der Waals surface area (Å²) >= 11 is 0. The molecule has 0 unspecified atom stereocenters. The molecule has 1 amide bonds. The Morgan fingerprint density at radius 1 is 1.00 bits per heavy atom. The molecular weight excluding hydrogens is 428 g/mol. The predicted octanol–water partition coefficient (Wildman–Crippen LogP) is 3.36. The van der Waals surface area contributed by atoms with E-state index in [1.54, 1.807) is 44.2 Å². The van der Waals surface area contributed by atoms with Gasteiger partial charge >= 0.3 is 11.9 Å². The van der Waals surface area contributed by atoms with Gasteiger partial charge in [0.2, 0.25) is 0 Å². The van der Waals surface area contributed by atoms with Crippen molar-refractivity contribution in [2.45, 2.75) is 13.8 Å². The first kappa shape index (κ1) is 24.9. The number of carbonyl (C=O) groups is 3. The lowest BCUT2D eigenvalue weighted by Gasteiger charge is -2.13. The maximum Gasteiger partial charge on any atom is 0.348 e. The highest BCUT2D eigenvalue weighted by Gasteiger charge is 2.13. The number of benzene rings is 2. The van der Waals surface area contributed by atoms with Crippen LogP contribution < -0.4 is 14.8 Å². The van der Waals surface area contributed by atoms with E-state index in [4.69, 9.17) is 14.2 Å². The van der Waals surface area contributed by atoms with Gasteiger partial charge in [-0.3, -0.25) is 4.79 Å². The number of ether oxygens (including phenoxy) is 4. The Morgan fingerprint density at radius 3 is 2.33 bits per heavy atom. The van der Waals surface area contributed by atoms with E-state index in [2.05, 4.69) is 10.1 Å². The number of nitriles is 1. The summed E-state index contributed by atoms with van der Waals surface area (Å²) in [6.07, 6.45) is 1.38. The Hall–Kier alpha value is -4.32. The van der Waals surface area contributed by atoms with Crippen LogP contribution in [-0.4, -0.2) is 44.8 Å². The third-order valence-electron chi connectivity index (χ3n) is 4.14. The van der Waals surface area contributed by atoms with E-state index in [1.165, 1.54) is 25.3 Å². The molecule has 2 rings (SSSR count). The molecule has 2 aromatic rings. The summed E-state index contributed by atoms with van der Waals surface area (Å²) in [6.45, 7) is 3.65. The van der Waals surface area contributed by atoms with Crippen molar-refractivity contribution in [2.24, 2.45) is 0 Å². The van der Waals surface area contributed by atoms with Crippen LogP contribution in [0.4, 0.5) is 5.69 Å². The van der Waals surface area contributed by atoms with Crippen LogP contribution in [0.1, 0.15) is 29.8 Å². The van der Waals surface area contributed by atoms with Crippen molar-refractivity contribution < 1.29 is 33.3 Å². The minimum Gasteiger partial charge on any atom is -0.490 e. The molecule has 0 fully saturated rings. The van der Waals surface area contributed by atoms with Crippen LogP contribution in [0.2, 0.25) is 0 Å². The lowest BCUT2D eigenvalue weighted by Crippen LogP contribution is -2.20. The van der Waals surface area contributed by atoms with Crippen LogP contribution in [0.15, 0.2) is 48.0 Å². The maximum atomic E-state index is 12.3. The highest BCUT2D eigenvalue weighted by atomic mass is 16.5. The Balaban J connectivity index is 2.07. The average molecular weight is 452 g/mol. The molecule has 0 aliphatic heterocycles. The van der Waals surface area contributed by atoms with E-state index in [-0.39, 0.29) is 18.8 Å². The quantitative estimate of drug-likeness (QED) is 0.331. The summed E-state index contributed by atoms with van der Waals surface area (Å²) in [5.41, 5.74) is 1.24. The van der Waals surface area contributed by atoms with Gasteiger partial charge < -0.3 is 24.3 Å². The van der Waals surface area contributed by atoms with E-state index in [1.807, 2.05) is 6.07 Å². The molecule has 0 spiro atoms. The lowest BCUT2D eigenvalue weighted by atomic mass is 10.1. The van der Waals surface area contributed by atoms with E-state index in [0.29, 0.717) is 34.9 Å². The first-order chi connectivity index (χ1) is 15.9. The summed E-state index contributed by atoms with van der Waals surface area (Å²) in [4.78, 5) is 35.5. The van der Waals surface area contributed by atoms with Gasteiger partial charge in [0.05, 0.1) is 25.9 Å². The number of rotatable bonds is 10. The highest BCUT2D eigenvalue weighted by molar-refractivity contribution is 5.98. The van der Waals surface area contributed by atoms with Crippen LogP contribution in [0.3, 0.4) is 0 Å². The molecule has 172 valence electrons. The molecule has 33 heavy (non-hydrogen) atoms. The zero-order chi connectivity index (χ0) is 24.2. The van der Waals surface area contributed by atoms with Gasteiger partial charge in [-0.2, -0.15) is 5.26 Å². The standard InChI is InChI=1S/C24H24N2O7/c1-4-31-21-13-16(12-18(14-25)24(29)32-5-2)6-11-20(21)33-15-22(27)26-19-9-7-17(8-10-19)23(28)30-3/h6-13H,4-5,15H2,1-3H3,(H,26,27)/b18-12-. The second kappa shape index (κ2) is 12.5. The second-order valence-corrected chi connectivity index (χ2v) is 6.44. The van der Waals surface area contributed by atoms with Gasteiger partial charge in [0.1, 0.15) is 11.6 Å². The molecule has 0 radical (unpaired) electrons. The van der Waals surface area contributed by atoms with Crippen molar-refractivity contribution in [1.29, 1.82) is 5.26 Å². The number of nitrogens with zero attached hydrogens (tertiary/aromatic N) is 1. The number of esters is 2. The fourth-order valence-electron chi connectivity index (χ4n) is 2.66. The van der Waals surface area contributed by atoms with Crippen molar-refractivity contribution >= 4 is 29.6 Å². The van der Waals surface area contributed by atoms with Gasteiger partial charge in [0, 0.05) is 5.69 Å². The van der Waals surface area contributed by atoms with E-state index in [9.17, 15) is 19.6 Å². The molecule has 0 aliphatic carbocycles. The number of amides is 1. The second-order valence-electron chi connectivity index (χ2n) is 6.44. The van der Waals surface area contributed by atoms with Crippen LogP contribution in [0.25, 0.3) is 6.08 Å². The summed E-state index contributed by atoms with van der Waals surface area (Å²) in [5, 5.41) is 11.9. The van der Waals surface area contributed by atoms with E-state index < -0.39 is 17.8 Å². The van der Waals surface area contributed by atoms with Crippen LogP contribution in [0.5, 0.6) is 11.5 Å². The molecule has 0 bridgehead atoms. The van der Waals surface area contributed by atoms with Crippen LogP contribution in [-0.2, 0) is 19.1 Å².